The average molecular weight is 337 g/mol. The zero-order valence-electron chi connectivity index (χ0n) is 13.0. The highest BCUT2D eigenvalue weighted by Gasteiger charge is 2.22. The second-order valence-electron chi connectivity index (χ2n) is 5.53. The molecule has 2 aromatic rings. The number of rotatable bonds is 4. The minimum atomic E-state index is -0.480. The van der Waals surface area contributed by atoms with E-state index in [0.29, 0.717) is 5.82 Å². The molecule has 1 amide bonds. The van der Waals surface area contributed by atoms with E-state index in [-0.39, 0.29) is 24.4 Å². The number of tetrazole rings is 1. The smallest absolute Gasteiger partial charge is 0.246 e. The summed E-state index contributed by atoms with van der Waals surface area (Å²) in [6.45, 7) is 3.62. The molecule has 2 heterocycles. The first kappa shape index (κ1) is 17.4. The predicted octanol–water partition coefficient (Wildman–Crippen LogP) is 1.19. The Hall–Kier alpha value is -1.99. The van der Waals surface area contributed by atoms with E-state index in [4.69, 9.17) is 0 Å². The molecule has 2 N–H and O–H groups in total. The summed E-state index contributed by atoms with van der Waals surface area (Å²) in [6.07, 6.45) is 2.09. The number of halogens is 1. The Morgan fingerprint density at radius 3 is 2.87 bits per heavy atom. The molecule has 1 aliphatic rings. The quantitative estimate of drug-likeness (QED) is 0.876. The van der Waals surface area contributed by atoms with E-state index in [0.717, 1.165) is 31.5 Å². The third-order valence-electron chi connectivity index (χ3n) is 3.83. The van der Waals surface area contributed by atoms with E-state index in [2.05, 4.69) is 26.0 Å². The van der Waals surface area contributed by atoms with Crippen LogP contribution in [0, 0.1) is 0 Å². The Morgan fingerprint density at radius 1 is 1.39 bits per heavy atom. The molecule has 0 aliphatic carbocycles. The lowest BCUT2D eigenvalue weighted by Crippen LogP contribution is -2.47. The largest absolute Gasteiger partial charge is 0.350 e. The second kappa shape index (κ2) is 8.03. The standard InChI is InChI=1S/C15H20N6O.ClH/c1-11(15(22)17-13-8-5-9-16-10-13)21-19-14(18-20-21)12-6-3-2-4-7-12;/h2-4,6-7,11,13,16H,5,8-10H2,1H3,(H,17,22);1H/t11?,13-;/m0./s1. The van der Waals surface area contributed by atoms with Crippen LogP contribution in [0.25, 0.3) is 11.4 Å². The van der Waals surface area contributed by atoms with Crippen LogP contribution in [0.15, 0.2) is 30.3 Å². The van der Waals surface area contributed by atoms with Crippen molar-refractivity contribution in [3.63, 3.8) is 0 Å². The summed E-state index contributed by atoms with van der Waals surface area (Å²) in [6, 6.07) is 9.31. The zero-order valence-corrected chi connectivity index (χ0v) is 13.8. The molecular formula is C15H21ClN6O. The van der Waals surface area contributed by atoms with E-state index in [1.807, 2.05) is 30.3 Å². The lowest BCUT2D eigenvalue weighted by molar-refractivity contribution is -0.125. The van der Waals surface area contributed by atoms with Crippen LogP contribution in [0.5, 0.6) is 0 Å². The molecule has 8 heteroatoms. The van der Waals surface area contributed by atoms with Crippen molar-refractivity contribution < 1.29 is 4.79 Å². The van der Waals surface area contributed by atoms with Gasteiger partial charge in [0.1, 0.15) is 6.04 Å². The molecular weight excluding hydrogens is 316 g/mol. The minimum Gasteiger partial charge on any atom is -0.350 e. The number of hydrogen-bond donors (Lipinski definition) is 2. The number of amides is 1. The number of nitrogens with one attached hydrogen (secondary N) is 2. The van der Waals surface area contributed by atoms with Crippen molar-refractivity contribution in [3.8, 4) is 11.4 Å². The van der Waals surface area contributed by atoms with Crippen molar-refractivity contribution in [1.82, 2.24) is 30.8 Å². The summed E-state index contributed by atoms with van der Waals surface area (Å²) >= 11 is 0. The normalized spacial score (nSPS) is 18.7. The van der Waals surface area contributed by atoms with Gasteiger partial charge in [0.05, 0.1) is 0 Å². The van der Waals surface area contributed by atoms with Crippen LogP contribution in [0.2, 0.25) is 0 Å². The van der Waals surface area contributed by atoms with Crippen molar-refractivity contribution >= 4 is 18.3 Å². The molecule has 23 heavy (non-hydrogen) atoms. The summed E-state index contributed by atoms with van der Waals surface area (Å²) in [5, 5.41) is 18.7. The molecule has 0 bridgehead atoms. The highest BCUT2D eigenvalue weighted by Crippen LogP contribution is 2.13. The van der Waals surface area contributed by atoms with Crippen molar-refractivity contribution in [2.24, 2.45) is 0 Å². The fourth-order valence-electron chi connectivity index (χ4n) is 2.49. The van der Waals surface area contributed by atoms with E-state index < -0.39 is 6.04 Å². The third-order valence-corrected chi connectivity index (χ3v) is 3.83. The highest BCUT2D eigenvalue weighted by atomic mass is 35.5. The van der Waals surface area contributed by atoms with Gasteiger partial charge in [0.15, 0.2) is 0 Å². The van der Waals surface area contributed by atoms with Crippen LogP contribution in [0.3, 0.4) is 0 Å². The predicted molar refractivity (Wildman–Crippen MR) is 89.2 cm³/mol. The monoisotopic (exact) mass is 336 g/mol. The Morgan fingerprint density at radius 2 is 2.17 bits per heavy atom. The molecule has 7 nitrogen and oxygen atoms in total. The molecule has 1 aliphatic heterocycles. The van der Waals surface area contributed by atoms with Crippen LogP contribution < -0.4 is 10.6 Å². The molecule has 3 rings (SSSR count). The van der Waals surface area contributed by atoms with E-state index in [1.54, 1.807) is 6.92 Å². The number of benzene rings is 1. The maximum atomic E-state index is 12.3. The van der Waals surface area contributed by atoms with Gasteiger partial charge in [0, 0.05) is 18.2 Å². The Kier molecular flexibility index (Phi) is 6.06. The second-order valence-corrected chi connectivity index (χ2v) is 5.53. The van der Waals surface area contributed by atoms with Crippen LogP contribution in [-0.2, 0) is 4.79 Å². The van der Waals surface area contributed by atoms with Gasteiger partial charge in [-0.15, -0.1) is 22.6 Å². The van der Waals surface area contributed by atoms with Crippen LogP contribution in [0.4, 0.5) is 0 Å². The van der Waals surface area contributed by atoms with Gasteiger partial charge in [-0.2, -0.15) is 4.80 Å². The topological polar surface area (TPSA) is 84.7 Å². The Bertz CT molecular complexity index is 626. The summed E-state index contributed by atoms with van der Waals surface area (Å²) in [7, 11) is 0. The Balaban J connectivity index is 0.00000192. The molecule has 0 spiro atoms. The van der Waals surface area contributed by atoms with Gasteiger partial charge >= 0.3 is 0 Å². The number of nitrogens with zero attached hydrogens (tertiary/aromatic N) is 4. The molecule has 0 saturated carbocycles. The maximum absolute atomic E-state index is 12.3. The van der Waals surface area contributed by atoms with Gasteiger partial charge in [-0.25, -0.2) is 0 Å². The Labute approximate surface area is 141 Å². The maximum Gasteiger partial charge on any atom is 0.246 e. The van der Waals surface area contributed by atoms with Crippen molar-refractivity contribution in [1.29, 1.82) is 0 Å². The summed E-state index contributed by atoms with van der Waals surface area (Å²) in [5.41, 5.74) is 0.887. The van der Waals surface area contributed by atoms with Gasteiger partial charge < -0.3 is 10.6 Å². The van der Waals surface area contributed by atoms with Crippen LogP contribution >= 0.6 is 12.4 Å². The van der Waals surface area contributed by atoms with Gasteiger partial charge in [-0.3, -0.25) is 4.79 Å². The van der Waals surface area contributed by atoms with E-state index in [9.17, 15) is 4.79 Å². The van der Waals surface area contributed by atoms with Crippen LogP contribution in [0.1, 0.15) is 25.8 Å². The number of aromatic nitrogens is 4. The lowest BCUT2D eigenvalue weighted by Gasteiger charge is -2.24. The van der Waals surface area contributed by atoms with Gasteiger partial charge in [-0.1, -0.05) is 30.3 Å². The zero-order chi connectivity index (χ0) is 15.4. The molecule has 124 valence electrons. The lowest BCUT2D eigenvalue weighted by atomic mass is 10.1. The van der Waals surface area contributed by atoms with Crippen LogP contribution in [-0.4, -0.2) is 45.2 Å². The molecule has 2 atom stereocenters. The first-order valence-electron chi connectivity index (χ1n) is 7.60. The number of carbonyl (C=O) groups excluding carboxylic acids is 1. The minimum absolute atomic E-state index is 0. The van der Waals surface area contributed by atoms with E-state index >= 15 is 0 Å². The fraction of sp³-hybridized carbons (Fsp3) is 0.467. The average Bonchev–Trinajstić information content (AvgIpc) is 3.06. The van der Waals surface area contributed by atoms with E-state index in [1.165, 1.54) is 4.80 Å². The third kappa shape index (κ3) is 4.27. The molecule has 1 aromatic carbocycles. The SMILES string of the molecule is CC(C(=O)N[C@H]1CCCNC1)n1nnc(-c2ccccc2)n1.Cl. The number of hydrogen-bond acceptors (Lipinski definition) is 5. The first-order chi connectivity index (χ1) is 10.7. The fourth-order valence-corrected chi connectivity index (χ4v) is 2.49. The van der Waals surface area contributed by atoms with Gasteiger partial charge in [0.25, 0.3) is 0 Å². The molecule has 0 radical (unpaired) electrons. The van der Waals surface area contributed by atoms with Crippen molar-refractivity contribution in [2.75, 3.05) is 13.1 Å². The summed E-state index contributed by atoms with van der Waals surface area (Å²) < 4.78 is 0. The summed E-state index contributed by atoms with van der Waals surface area (Å²) in [5.74, 6) is 0.449. The number of carbonyl (C=O) groups is 1. The van der Waals surface area contributed by atoms with Crippen molar-refractivity contribution in [2.45, 2.75) is 31.8 Å². The van der Waals surface area contributed by atoms with Gasteiger partial charge in [0.2, 0.25) is 11.7 Å². The molecule has 1 aromatic heterocycles. The highest BCUT2D eigenvalue weighted by molar-refractivity contribution is 5.85. The first-order valence-corrected chi connectivity index (χ1v) is 7.60. The molecule has 1 unspecified atom stereocenters. The molecule has 1 saturated heterocycles. The summed E-state index contributed by atoms with van der Waals surface area (Å²) in [4.78, 5) is 13.7. The van der Waals surface area contributed by atoms with Crippen molar-refractivity contribution in [3.05, 3.63) is 30.3 Å². The number of piperidine rings is 1. The van der Waals surface area contributed by atoms with Gasteiger partial charge in [-0.05, 0) is 31.5 Å². The molecule has 1 fully saturated rings.